The van der Waals surface area contributed by atoms with Gasteiger partial charge in [-0.15, -0.1) is 0 Å². The quantitative estimate of drug-likeness (QED) is 0.666. The number of hydrogen-bond donors (Lipinski definition) is 2. The Morgan fingerprint density at radius 1 is 1.12 bits per heavy atom. The third-order valence-electron chi connectivity index (χ3n) is 3.20. The molecule has 0 heterocycles. The van der Waals surface area contributed by atoms with Gasteiger partial charge in [0.25, 0.3) is 0 Å². The van der Waals surface area contributed by atoms with Gasteiger partial charge in [-0.25, -0.2) is 8.42 Å². The Kier molecular flexibility index (Phi) is 7.46. The van der Waals surface area contributed by atoms with Crippen LogP contribution in [-0.2, 0) is 19.6 Å². The lowest BCUT2D eigenvalue weighted by Crippen LogP contribution is -2.48. The molecule has 0 bridgehead atoms. The lowest BCUT2D eigenvalue weighted by Gasteiger charge is -2.18. The van der Waals surface area contributed by atoms with E-state index in [9.17, 15) is 13.2 Å². The summed E-state index contributed by atoms with van der Waals surface area (Å²) in [5.41, 5.74) is 0. The van der Waals surface area contributed by atoms with Gasteiger partial charge in [0, 0.05) is 19.2 Å². The van der Waals surface area contributed by atoms with Crippen molar-refractivity contribution in [1.29, 1.82) is 0 Å². The minimum Gasteiger partial charge on any atom is -0.493 e. The third kappa shape index (κ3) is 5.36. The second kappa shape index (κ2) is 8.86. The van der Waals surface area contributed by atoms with E-state index >= 15 is 0 Å². The molecule has 0 fully saturated rings. The van der Waals surface area contributed by atoms with E-state index in [1.165, 1.54) is 46.5 Å². The van der Waals surface area contributed by atoms with Crippen molar-refractivity contribution in [2.75, 3.05) is 27.9 Å². The summed E-state index contributed by atoms with van der Waals surface area (Å²) >= 11 is 0. The fourth-order valence-electron chi connectivity index (χ4n) is 2.00. The summed E-state index contributed by atoms with van der Waals surface area (Å²) in [6.07, 6.45) is 0. The molecule has 0 saturated carbocycles. The number of carbonyl (C=O) groups is 1. The van der Waals surface area contributed by atoms with Crippen molar-refractivity contribution < 1.29 is 27.4 Å². The molecule has 136 valence electrons. The summed E-state index contributed by atoms with van der Waals surface area (Å²) in [4.78, 5) is 12.0. The van der Waals surface area contributed by atoms with E-state index in [2.05, 4.69) is 10.0 Å². The Balaban J connectivity index is 2.87. The van der Waals surface area contributed by atoms with Crippen molar-refractivity contribution in [2.24, 2.45) is 0 Å². The molecule has 1 amide bonds. The molecule has 9 heteroatoms. The van der Waals surface area contributed by atoms with Crippen LogP contribution in [0.25, 0.3) is 0 Å². The Labute approximate surface area is 142 Å². The fraction of sp³-hybridized carbons (Fsp3) is 0.533. The first kappa shape index (κ1) is 20.2. The summed E-state index contributed by atoms with van der Waals surface area (Å²) < 4.78 is 42.2. The lowest BCUT2D eigenvalue weighted by molar-refractivity contribution is -0.123. The highest BCUT2D eigenvalue weighted by Gasteiger charge is 2.24. The summed E-state index contributed by atoms with van der Waals surface area (Å²) in [6.45, 7) is 3.56. The molecule has 0 aliphatic heterocycles. The summed E-state index contributed by atoms with van der Waals surface area (Å²) in [6, 6.07) is 3.03. The molecular weight excluding hydrogens is 336 g/mol. The molecule has 1 aromatic carbocycles. The maximum absolute atomic E-state index is 12.4. The molecule has 0 radical (unpaired) electrons. The average molecular weight is 360 g/mol. The van der Waals surface area contributed by atoms with E-state index in [1.54, 1.807) is 6.92 Å². The van der Waals surface area contributed by atoms with Gasteiger partial charge < -0.3 is 19.5 Å². The van der Waals surface area contributed by atoms with Crippen molar-refractivity contribution in [2.45, 2.75) is 30.8 Å². The van der Waals surface area contributed by atoms with Crippen molar-refractivity contribution in [3.05, 3.63) is 18.2 Å². The predicted octanol–water partition coefficient (Wildman–Crippen LogP) is 0.522. The Hall–Kier alpha value is -1.84. The van der Waals surface area contributed by atoms with E-state index in [-0.39, 0.29) is 16.7 Å². The van der Waals surface area contributed by atoms with Gasteiger partial charge in [0.05, 0.1) is 31.8 Å². The van der Waals surface area contributed by atoms with Gasteiger partial charge >= 0.3 is 0 Å². The van der Waals surface area contributed by atoms with Crippen LogP contribution in [0, 0.1) is 0 Å². The number of hydrogen-bond acceptors (Lipinski definition) is 6. The number of benzene rings is 1. The van der Waals surface area contributed by atoms with Crippen LogP contribution >= 0.6 is 0 Å². The van der Waals surface area contributed by atoms with Crippen molar-refractivity contribution in [1.82, 2.24) is 10.0 Å². The zero-order valence-corrected chi connectivity index (χ0v) is 15.3. The molecule has 0 unspecified atom stereocenters. The van der Waals surface area contributed by atoms with Gasteiger partial charge in [-0.3, -0.25) is 4.79 Å². The Morgan fingerprint density at radius 3 is 2.29 bits per heavy atom. The monoisotopic (exact) mass is 360 g/mol. The molecule has 0 aliphatic carbocycles. The first-order valence-electron chi connectivity index (χ1n) is 7.28. The normalized spacial score (nSPS) is 13.9. The number of methoxy groups -OCH3 is 3. The van der Waals surface area contributed by atoms with E-state index in [4.69, 9.17) is 14.2 Å². The third-order valence-corrected chi connectivity index (χ3v) is 4.73. The number of carbonyl (C=O) groups excluding carboxylic acids is 1. The van der Waals surface area contributed by atoms with Crippen molar-refractivity contribution in [3.8, 4) is 11.5 Å². The van der Waals surface area contributed by atoms with Gasteiger partial charge in [-0.1, -0.05) is 0 Å². The van der Waals surface area contributed by atoms with Crippen LogP contribution in [-0.4, -0.2) is 54.3 Å². The number of ether oxygens (including phenoxy) is 3. The summed E-state index contributed by atoms with van der Waals surface area (Å²) in [7, 11) is 0.500. The minimum absolute atomic E-state index is 0.0234. The maximum Gasteiger partial charge on any atom is 0.241 e. The van der Waals surface area contributed by atoms with Crippen LogP contribution in [0.4, 0.5) is 0 Å². The zero-order chi connectivity index (χ0) is 18.3. The van der Waals surface area contributed by atoms with Gasteiger partial charge in [-0.05, 0) is 26.0 Å². The number of rotatable bonds is 9. The number of sulfonamides is 1. The van der Waals surface area contributed by atoms with Crippen molar-refractivity contribution >= 4 is 15.9 Å². The molecule has 2 N–H and O–H groups in total. The van der Waals surface area contributed by atoms with E-state index < -0.39 is 22.0 Å². The van der Waals surface area contributed by atoms with E-state index in [1.807, 2.05) is 0 Å². The van der Waals surface area contributed by atoms with Gasteiger partial charge in [0.1, 0.15) is 0 Å². The molecule has 1 rings (SSSR count). The highest BCUT2D eigenvalue weighted by Crippen LogP contribution is 2.29. The fourth-order valence-corrected chi connectivity index (χ4v) is 3.22. The molecule has 0 saturated heterocycles. The standard InChI is InChI=1S/C15H24N2O6S/c1-10(9-21-3)16-15(18)11(2)17-24(19,20)12-6-7-13(22-4)14(8-12)23-5/h6-8,10-11,17H,9H2,1-5H3,(H,16,18)/t10-,11-/m0/s1. The van der Waals surface area contributed by atoms with Crippen LogP contribution in [0.15, 0.2) is 23.1 Å². The van der Waals surface area contributed by atoms with Crippen LogP contribution < -0.4 is 19.5 Å². The van der Waals surface area contributed by atoms with E-state index in [0.717, 1.165) is 0 Å². The molecule has 1 aromatic rings. The SMILES string of the molecule is COC[C@H](C)NC(=O)[C@H](C)NS(=O)(=O)c1ccc(OC)c(OC)c1. The van der Waals surface area contributed by atoms with Crippen LogP contribution in [0.2, 0.25) is 0 Å². The summed E-state index contributed by atoms with van der Waals surface area (Å²) in [5.74, 6) is 0.255. The largest absolute Gasteiger partial charge is 0.493 e. The number of nitrogens with one attached hydrogen (secondary N) is 2. The average Bonchev–Trinajstić information content (AvgIpc) is 2.53. The second-order valence-corrected chi connectivity index (χ2v) is 6.94. The van der Waals surface area contributed by atoms with E-state index in [0.29, 0.717) is 12.4 Å². The van der Waals surface area contributed by atoms with Gasteiger partial charge in [0.2, 0.25) is 15.9 Å². The zero-order valence-electron chi connectivity index (χ0n) is 14.5. The predicted molar refractivity (Wildman–Crippen MR) is 88.8 cm³/mol. The molecule has 0 aromatic heterocycles. The maximum atomic E-state index is 12.4. The van der Waals surface area contributed by atoms with Gasteiger partial charge in [-0.2, -0.15) is 4.72 Å². The molecule has 0 spiro atoms. The molecule has 24 heavy (non-hydrogen) atoms. The van der Waals surface area contributed by atoms with Gasteiger partial charge in [0.15, 0.2) is 11.5 Å². The molecule has 2 atom stereocenters. The molecular formula is C15H24N2O6S. The Morgan fingerprint density at radius 2 is 1.75 bits per heavy atom. The molecule has 8 nitrogen and oxygen atoms in total. The van der Waals surface area contributed by atoms with Crippen molar-refractivity contribution in [3.63, 3.8) is 0 Å². The van der Waals surface area contributed by atoms with Crippen LogP contribution in [0.5, 0.6) is 11.5 Å². The Bertz CT molecular complexity index is 662. The van der Waals surface area contributed by atoms with Crippen LogP contribution in [0.1, 0.15) is 13.8 Å². The smallest absolute Gasteiger partial charge is 0.241 e. The topological polar surface area (TPSA) is 103 Å². The first-order valence-corrected chi connectivity index (χ1v) is 8.77. The van der Waals surface area contributed by atoms with Crippen LogP contribution in [0.3, 0.4) is 0 Å². The number of amides is 1. The highest BCUT2D eigenvalue weighted by atomic mass is 32.2. The summed E-state index contributed by atoms with van der Waals surface area (Å²) in [5, 5.41) is 2.66. The second-order valence-electron chi connectivity index (χ2n) is 5.22. The first-order chi connectivity index (χ1) is 11.2. The lowest BCUT2D eigenvalue weighted by atomic mass is 10.3. The minimum atomic E-state index is -3.89. The highest BCUT2D eigenvalue weighted by molar-refractivity contribution is 7.89. The molecule has 0 aliphatic rings.